The number of aromatic nitrogens is 2. The van der Waals surface area contributed by atoms with Gasteiger partial charge in [-0.25, -0.2) is 0 Å². The Balaban J connectivity index is 1.33. The summed E-state index contributed by atoms with van der Waals surface area (Å²) in [5, 5.41) is 14.1. The molecule has 172 valence electrons. The van der Waals surface area contributed by atoms with Crippen LogP contribution in [0.15, 0.2) is 48.5 Å². The molecule has 2 aromatic carbocycles. The van der Waals surface area contributed by atoms with Gasteiger partial charge in [-0.1, -0.05) is 23.5 Å². The van der Waals surface area contributed by atoms with Crippen molar-refractivity contribution in [2.75, 3.05) is 17.2 Å². The maximum atomic E-state index is 12.0. The van der Waals surface area contributed by atoms with Crippen molar-refractivity contribution in [2.24, 2.45) is 0 Å². The molecule has 0 aliphatic heterocycles. The second-order valence-electron chi connectivity index (χ2n) is 7.18. The number of esters is 1. The number of hydrogen-bond acceptors (Lipinski definition) is 8. The van der Waals surface area contributed by atoms with E-state index >= 15 is 0 Å². The third-order valence-electron chi connectivity index (χ3n) is 4.28. The number of nitrogens with zero attached hydrogens (tertiary/aromatic N) is 2. The maximum Gasteiger partial charge on any atom is 0.306 e. The summed E-state index contributed by atoms with van der Waals surface area (Å²) >= 11 is 1.27. The highest BCUT2D eigenvalue weighted by Crippen LogP contribution is 2.23. The first-order valence-corrected chi connectivity index (χ1v) is 11.1. The van der Waals surface area contributed by atoms with Crippen molar-refractivity contribution < 1.29 is 23.9 Å². The van der Waals surface area contributed by atoms with Crippen molar-refractivity contribution >= 4 is 39.9 Å². The Morgan fingerprint density at radius 3 is 2.39 bits per heavy atom. The number of benzene rings is 2. The lowest BCUT2D eigenvalue weighted by atomic mass is 10.2. The molecule has 0 radical (unpaired) electrons. The van der Waals surface area contributed by atoms with Crippen molar-refractivity contribution in [3.05, 3.63) is 59.1 Å². The SMILES string of the molecule is Cc1cccc(Oc2ccc(NC(=O)COC(=O)CCCC(=O)Nc3nnc(C)s3)cc2)c1. The van der Waals surface area contributed by atoms with E-state index in [1.807, 2.05) is 31.2 Å². The highest BCUT2D eigenvalue weighted by atomic mass is 32.1. The van der Waals surface area contributed by atoms with Crippen LogP contribution >= 0.6 is 11.3 Å². The van der Waals surface area contributed by atoms with Crippen molar-refractivity contribution in [2.45, 2.75) is 33.1 Å². The molecule has 0 spiro atoms. The molecule has 0 bridgehead atoms. The molecule has 0 saturated heterocycles. The molecule has 3 aromatic rings. The Kier molecular flexibility index (Phi) is 8.48. The van der Waals surface area contributed by atoms with Crippen LogP contribution in [0.5, 0.6) is 11.5 Å². The van der Waals surface area contributed by atoms with E-state index in [1.54, 1.807) is 31.2 Å². The van der Waals surface area contributed by atoms with E-state index in [0.717, 1.165) is 16.3 Å². The lowest BCUT2D eigenvalue weighted by Crippen LogP contribution is -2.21. The zero-order valence-electron chi connectivity index (χ0n) is 18.3. The van der Waals surface area contributed by atoms with Gasteiger partial charge in [0.15, 0.2) is 6.61 Å². The second kappa shape index (κ2) is 11.7. The van der Waals surface area contributed by atoms with Crippen LogP contribution in [-0.4, -0.2) is 34.6 Å². The predicted octanol–water partition coefficient (Wildman–Crippen LogP) is 4.24. The molecule has 1 aromatic heterocycles. The van der Waals surface area contributed by atoms with Gasteiger partial charge in [-0.05, 0) is 62.2 Å². The minimum atomic E-state index is -0.549. The Hall–Kier alpha value is -3.79. The molecule has 2 amide bonds. The first-order chi connectivity index (χ1) is 15.9. The monoisotopic (exact) mass is 468 g/mol. The van der Waals surface area contributed by atoms with Gasteiger partial charge in [-0.3, -0.25) is 14.4 Å². The lowest BCUT2D eigenvalue weighted by molar-refractivity contribution is -0.147. The highest BCUT2D eigenvalue weighted by molar-refractivity contribution is 7.15. The fourth-order valence-electron chi connectivity index (χ4n) is 2.76. The van der Waals surface area contributed by atoms with Gasteiger partial charge < -0.3 is 20.1 Å². The number of carbonyl (C=O) groups excluding carboxylic acids is 3. The van der Waals surface area contributed by atoms with Gasteiger partial charge in [-0.2, -0.15) is 0 Å². The maximum absolute atomic E-state index is 12.0. The van der Waals surface area contributed by atoms with Crippen LogP contribution in [0.1, 0.15) is 29.8 Å². The van der Waals surface area contributed by atoms with Crippen LogP contribution < -0.4 is 15.4 Å². The predicted molar refractivity (Wildman–Crippen MR) is 124 cm³/mol. The summed E-state index contributed by atoms with van der Waals surface area (Å²) in [6.07, 6.45) is 0.463. The van der Waals surface area contributed by atoms with E-state index in [2.05, 4.69) is 20.8 Å². The Bertz CT molecular complexity index is 1110. The first kappa shape index (κ1) is 23.9. The van der Waals surface area contributed by atoms with Gasteiger partial charge in [0, 0.05) is 18.5 Å². The molecule has 0 unspecified atom stereocenters. The topological polar surface area (TPSA) is 120 Å². The fourth-order valence-corrected chi connectivity index (χ4v) is 3.37. The average molecular weight is 469 g/mol. The average Bonchev–Trinajstić information content (AvgIpc) is 3.18. The molecule has 1 heterocycles. The van der Waals surface area contributed by atoms with E-state index in [0.29, 0.717) is 23.0 Å². The molecular formula is C23H24N4O5S. The molecule has 0 saturated carbocycles. The summed E-state index contributed by atoms with van der Waals surface area (Å²) < 4.78 is 10.7. The molecule has 2 N–H and O–H groups in total. The van der Waals surface area contributed by atoms with Gasteiger partial charge in [0.25, 0.3) is 5.91 Å². The molecule has 0 aliphatic carbocycles. The fraction of sp³-hybridized carbons (Fsp3) is 0.261. The third kappa shape index (κ3) is 8.34. The smallest absolute Gasteiger partial charge is 0.306 e. The standard InChI is InChI=1S/C23H24N4O5S/c1-15-5-3-6-19(13-15)32-18-11-9-17(10-12-18)24-21(29)14-31-22(30)8-4-7-20(28)25-23-27-26-16(2)33-23/h3,5-6,9-13H,4,7-8,14H2,1-2H3,(H,24,29)(H,25,27,28). The number of rotatable bonds is 10. The Morgan fingerprint density at radius 2 is 1.70 bits per heavy atom. The molecule has 10 heteroatoms. The van der Waals surface area contributed by atoms with E-state index in [4.69, 9.17) is 9.47 Å². The van der Waals surface area contributed by atoms with Crippen LogP contribution in [0.25, 0.3) is 0 Å². The first-order valence-electron chi connectivity index (χ1n) is 10.3. The van der Waals surface area contributed by atoms with Gasteiger partial charge in [-0.15, -0.1) is 10.2 Å². The summed E-state index contributed by atoms with van der Waals surface area (Å²) in [5.41, 5.74) is 1.65. The van der Waals surface area contributed by atoms with Gasteiger partial charge in [0.05, 0.1) is 0 Å². The molecule has 3 rings (SSSR count). The number of anilines is 2. The number of ether oxygens (including phenoxy) is 2. The van der Waals surface area contributed by atoms with Crippen LogP contribution in [-0.2, 0) is 19.1 Å². The molecule has 0 aliphatic rings. The number of carbonyl (C=O) groups is 3. The van der Waals surface area contributed by atoms with Crippen molar-refractivity contribution in [1.29, 1.82) is 0 Å². The highest BCUT2D eigenvalue weighted by Gasteiger charge is 2.11. The second-order valence-corrected chi connectivity index (χ2v) is 8.36. The molecule has 9 nitrogen and oxygen atoms in total. The Labute approximate surface area is 195 Å². The number of amides is 2. The minimum Gasteiger partial charge on any atom is -0.457 e. The zero-order valence-corrected chi connectivity index (χ0v) is 19.1. The molecule has 33 heavy (non-hydrogen) atoms. The Morgan fingerprint density at radius 1 is 0.909 bits per heavy atom. The molecule has 0 atom stereocenters. The van der Waals surface area contributed by atoms with Gasteiger partial charge >= 0.3 is 5.97 Å². The molecular weight excluding hydrogens is 444 g/mol. The summed E-state index contributed by atoms with van der Waals surface area (Å²) in [4.78, 5) is 35.7. The van der Waals surface area contributed by atoms with E-state index in [1.165, 1.54) is 11.3 Å². The van der Waals surface area contributed by atoms with Crippen molar-refractivity contribution in [1.82, 2.24) is 10.2 Å². The summed E-state index contributed by atoms with van der Waals surface area (Å²) in [6.45, 7) is 3.37. The summed E-state index contributed by atoms with van der Waals surface area (Å²) in [7, 11) is 0. The zero-order chi connectivity index (χ0) is 23.6. The summed E-state index contributed by atoms with van der Waals surface area (Å²) in [5.74, 6) is 0.0972. The van der Waals surface area contributed by atoms with E-state index in [9.17, 15) is 14.4 Å². The number of aryl methyl sites for hydroxylation is 2. The van der Waals surface area contributed by atoms with Crippen molar-refractivity contribution in [3.63, 3.8) is 0 Å². The van der Waals surface area contributed by atoms with E-state index in [-0.39, 0.29) is 18.7 Å². The summed E-state index contributed by atoms with van der Waals surface area (Å²) in [6, 6.07) is 14.6. The van der Waals surface area contributed by atoms with Crippen LogP contribution in [0.4, 0.5) is 10.8 Å². The number of nitrogens with one attached hydrogen (secondary N) is 2. The third-order valence-corrected chi connectivity index (χ3v) is 5.04. The van der Waals surface area contributed by atoms with Gasteiger partial charge in [0.2, 0.25) is 11.0 Å². The van der Waals surface area contributed by atoms with E-state index < -0.39 is 18.5 Å². The van der Waals surface area contributed by atoms with Crippen molar-refractivity contribution in [3.8, 4) is 11.5 Å². The molecule has 0 fully saturated rings. The van der Waals surface area contributed by atoms with Crippen LogP contribution in [0, 0.1) is 13.8 Å². The van der Waals surface area contributed by atoms with Crippen LogP contribution in [0.3, 0.4) is 0 Å². The van der Waals surface area contributed by atoms with Gasteiger partial charge in [0.1, 0.15) is 16.5 Å². The minimum absolute atomic E-state index is 0.0286. The number of hydrogen-bond donors (Lipinski definition) is 2. The normalized spacial score (nSPS) is 10.4. The largest absolute Gasteiger partial charge is 0.457 e. The van der Waals surface area contributed by atoms with Crippen LogP contribution in [0.2, 0.25) is 0 Å². The quantitative estimate of drug-likeness (QED) is 0.427. The lowest BCUT2D eigenvalue weighted by Gasteiger charge is -2.09.